The van der Waals surface area contributed by atoms with Crippen molar-refractivity contribution in [2.75, 3.05) is 6.61 Å². The van der Waals surface area contributed by atoms with E-state index in [2.05, 4.69) is 11.8 Å². The molecule has 5 heteroatoms. The number of hydrogen-bond donors (Lipinski definition) is 1. The molecule has 3 fully saturated rings. The molecular formula is C24H35FN2O2. The highest BCUT2D eigenvalue weighted by Gasteiger charge is 2.46. The van der Waals surface area contributed by atoms with Gasteiger partial charge in [0.1, 0.15) is 5.82 Å². The largest absolute Gasteiger partial charge is 0.377 e. The maximum Gasteiger partial charge on any atom is 0.226 e. The monoisotopic (exact) mass is 402 g/mol. The average Bonchev–Trinajstić information content (AvgIpc) is 2.98. The van der Waals surface area contributed by atoms with Gasteiger partial charge >= 0.3 is 0 Å². The number of amides is 1. The second kappa shape index (κ2) is 8.73. The molecule has 160 valence electrons. The van der Waals surface area contributed by atoms with Gasteiger partial charge in [0, 0.05) is 30.7 Å². The molecule has 4 rings (SSSR count). The van der Waals surface area contributed by atoms with Crippen LogP contribution >= 0.6 is 0 Å². The van der Waals surface area contributed by atoms with E-state index in [1.54, 1.807) is 6.07 Å². The van der Waals surface area contributed by atoms with Crippen LogP contribution in [0.1, 0.15) is 75.3 Å². The van der Waals surface area contributed by atoms with E-state index in [4.69, 9.17) is 10.5 Å². The number of carbonyl (C=O) groups is 1. The topological polar surface area (TPSA) is 55.6 Å². The zero-order valence-electron chi connectivity index (χ0n) is 17.8. The summed E-state index contributed by atoms with van der Waals surface area (Å²) in [6.07, 6.45) is 7.66. The quantitative estimate of drug-likeness (QED) is 0.799. The third-order valence-electron chi connectivity index (χ3n) is 7.37. The van der Waals surface area contributed by atoms with Crippen LogP contribution in [-0.4, -0.2) is 41.6 Å². The van der Waals surface area contributed by atoms with Crippen LogP contribution in [0.2, 0.25) is 0 Å². The zero-order valence-corrected chi connectivity index (χ0v) is 17.8. The van der Waals surface area contributed by atoms with E-state index in [1.165, 1.54) is 5.56 Å². The summed E-state index contributed by atoms with van der Waals surface area (Å²) in [6.45, 7) is 4.64. The number of carbonyl (C=O) groups excluding carboxylic acids is 1. The fraction of sp³-hybridized carbons (Fsp3) is 0.708. The Morgan fingerprint density at radius 3 is 2.55 bits per heavy atom. The highest BCUT2D eigenvalue weighted by atomic mass is 19.1. The summed E-state index contributed by atoms with van der Waals surface area (Å²) in [5.74, 6) is 0.656. The van der Waals surface area contributed by atoms with E-state index in [0.29, 0.717) is 36.1 Å². The lowest BCUT2D eigenvalue weighted by atomic mass is 9.80. The van der Waals surface area contributed by atoms with E-state index < -0.39 is 0 Å². The van der Waals surface area contributed by atoms with Crippen LogP contribution in [0.15, 0.2) is 18.2 Å². The van der Waals surface area contributed by atoms with Gasteiger partial charge in [0.25, 0.3) is 0 Å². The molecule has 1 saturated carbocycles. The van der Waals surface area contributed by atoms with Crippen molar-refractivity contribution in [2.24, 2.45) is 11.7 Å². The molecule has 2 bridgehead atoms. The number of nitrogens with zero attached hydrogens (tertiary/aromatic N) is 1. The molecule has 1 aromatic rings. The maximum absolute atomic E-state index is 13.7. The Hall–Kier alpha value is -1.46. The fourth-order valence-corrected chi connectivity index (χ4v) is 5.78. The van der Waals surface area contributed by atoms with Crippen molar-refractivity contribution in [1.82, 2.24) is 4.90 Å². The van der Waals surface area contributed by atoms with Crippen LogP contribution in [0.4, 0.5) is 4.39 Å². The highest BCUT2D eigenvalue weighted by molar-refractivity contribution is 5.80. The first kappa shape index (κ1) is 20.8. The van der Waals surface area contributed by atoms with Gasteiger partial charge in [-0.1, -0.05) is 19.1 Å². The van der Waals surface area contributed by atoms with Crippen LogP contribution in [0, 0.1) is 18.7 Å². The van der Waals surface area contributed by atoms with Crippen molar-refractivity contribution < 1.29 is 13.9 Å². The van der Waals surface area contributed by atoms with Crippen molar-refractivity contribution in [3.8, 4) is 0 Å². The number of hydrogen-bond acceptors (Lipinski definition) is 3. The third-order valence-corrected chi connectivity index (χ3v) is 7.37. The molecule has 6 atom stereocenters. The first-order valence-corrected chi connectivity index (χ1v) is 11.4. The van der Waals surface area contributed by atoms with Crippen LogP contribution in [0.25, 0.3) is 0 Å². The smallest absolute Gasteiger partial charge is 0.226 e. The fourth-order valence-electron chi connectivity index (χ4n) is 5.78. The molecule has 0 aromatic heterocycles. The lowest BCUT2D eigenvalue weighted by molar-refractivity contribution is -0.143. The number of halogens is 1. The molecule has 1 unspecified atom stereocenters. The van der Waals surface area contributed by atoms with E-state index in [0.717, 1.165) is 51.4 Å². The second-order valence-electron chi connectivity index (χ2n) is 9.39. The zero-order chi connectivity index (χ0) is 20.5. The third kappa shape index (κ3) is 4.22. The summed E-state index contributed by atoms with van der Waals surface area (Å²) in [5.41, 5.74) is 8.20. The molecule has 2 N–H and O–H groups in total. The Morgan fingerprint density at radius 1 is 1.17 bits per heavy atom. The number of fused-ring (bicyclic) bond motifs is 2. The van der Waals surface area contributed by atoms with Crippen LogP contribution in [-0.2, 0) is 9.53 Å². The molecule has 1 aromatic carbocycles. The van der Waals surface area contributed by atoms with Crippen LogP contribution < -0.4 is 5.73 Å². The van der Waals surface area contributed by atoms with Gasteiger partial charge in [-0.05, 0) is 81.4 Å². The molecule has 1 amide bonds. The standard InChI is InChI=1S/C24H35FN2O2/c1-3-10-29-23-14-17(5-9-22(23)26)24(28)27-19-6-7-20(27)13-18(12-19)16-4-8-21(25)15(2)11-16/h4,8,11,17-20,22-23H,3,5-7,9-10,12-14,26H2,1-2H3/t17-,18?,19-,20+,22-,23-/m0/s1. The first-order chi connectivity index (χ1) is 14.0. The van der Waals surface area contributed by atoms with Gasteiger partial charge in [0.2, 0.25) is 5.91 Å². The predicted molar refractivity (Wildman–Crippen MR) is 112 cm³/mol. The molecule has 4 nitrogen and oxygen atoms in total. The predicted octanol–water partition coefficient (Wildman–Crippen LogP) is 4.29. The minimum Gasteiger partial charge on any atom is -0.377 e. The summed E-state index contributed by atoms with van der Waals surface area (Å²) in [5, 5.41) is 0. The number of ether oxygens (including phenoxy) is 1. The summed E-state index contributed by atoms with van der Waals surface area (Å²) < 4.78 is 19.6. The Labute approximate surface area is 174 Å². The average molecular weight is 403 g/mol. The van der Waals surface area contributed by atoms with Crippen molar-refractivity contribution >= 4 is 5.91 Å². The Bertz CT molecular complexity index is 726. The number of piperidine rings is 1. The second-order valence-corrected chi connectivity index (χ2v) is 9.39. The van der Waals surface area contributed by atoms with Crippen LogP contribution in [0.5, 0.6) is 0 Å². The van der Waals surface area contributed by atoms with Crippen molar-refractivity contribution in [2.45, 2.75) is 95.4 Å². The summed E-state index contributed by atoms with van der Waals surface area (Å²) in [4.78, 5) is 15.7. The molecular weight excluding hydrogens is 367 g/mol. The molecule has 2 aliphatic heterocycles. The Kier molecular flexibility index (Phi) is 6.26. The molecule has 1 aliphatic carbocycles. The van der Waals surface area contributed by atoms with Gasteiger partial charge in [0.15, 0.2) is 0 Å². The van der Waals surface area contributed by atoms with Crippen molar-refractivity contribution in [1.29, 1.82) is 0 Å². The molecule has 2 heterocycles. The normalized spacial score (nSPS) is 34.4. The van der Waals surface area contributed by atoms with Crippen molar-refractivity contribution in [3.05, 3.63) is 35.1 Å². The number of aryl methyl sites for hydroxylation is 1. The van der Waals surface area contributed by atoms with Crippen LogP contribution in [0.3, 0.4) is 0 Å². The molecule has 0 spiro atoms. The summed E-state index contributed by atoms with van der Waals surface area (Å²) >= 11 is 0. The number of benzene rings is 1. The number of nitrogens with two attached hydrogens (primary N) is 1. The highest BCUT2D eigenvalue weighted by Crippen LogP contribution is 2.44. The molecule has 29 heavy (non-hydrogen) atoms. The van der Waals surface area contributed by atoms with Gasteiger partial charge in [-0.3, -0.25) is 4.79 Å². The Balaban J connectivity index is 1.42. The van der Waals surface area contributed by atoms with E-state index in [-0.39, 0.29) is 23.9 Å². The summed E-state index contributed by atoms with van der Waals surface area (Å²) in [6, 6.07) is 6.21. The molecule has 2 saturated heterocycles. The van der Waals surface area contributed by atoms with E-state index >= 15 is 0 Å². The lowest BCUT2D eigenvalue weighted by Crippen LogP contribution is -2.51. The minimum atomic E-state index is -0.139. The van der Waals surface area contributed by atoms with Gasteiger partial charge in [-0.25, -0.2) is 4.39 Å². The molecule has 0 radical (unpaired) electrons. The SMILES string of the molecule is CCCO[C@H]1C[C@@H](C(=O)N2[C@@H]3CC[C@H]2CC(c2ccc(F)c(C)c2)C3)CC[C@@H]1N. The number of rotatable bonds is 5. The van der Waals surface area contributed by atoms with E-state index in [1.807, 2.05) is 19.1 Å². The van der Waals surface area contributed by atoms with Gasteiger partial charge in [0.05, 0.1) is 6.10 Å². The molecule has 3 aliphatic rings. The first-order valence-electron chi connectivity index (χ1n) is 11.4. The summed E-state index contributed by atoms with van der Waals surface area (Å²) in [7, 11) is 0. The maximum atomic E-state index is 13.7. The minimum absolute atomic E-state index is 0.00929. The van der Waals surface area contributed by atoms with Gasteiger partial charge in [-0.2, -0.15) is 0 Å². The van der Waals surface area contributed by atoms with E-state index in [9.17, 15) is 9.18 Å². The van der Waals surface area contributed by atoms with Gasteiger partial charge < -0.3 is 15.4 Å². The Morgan fingerprint density at radius 2 is 1.90 bits per heavy atom. The van der Waals surface area contributed by atoms with Gasteiger partial charge in [-0.15, -0.1) is 0 Å². The lowest BCUT2D eigenvalue weighted by Gasteiger charge is -2.43. The van der Waals surface area contributed by atoms with Crippen molar-refractivity contribution in [3.63, 3.8) is 0 Å².